The minimum atomic E-state index is -2.86. The first-order valence-electron chi connectivity index (χ1n) is 21.0. The number of aromatic nitrogens is 1. The van der Waals surface area contributed by atoms with E-state index >= 15 is 0 Å². The van der Waals surface area contributed by atoms with Crippen LogP contribution in [0.2, 0.25) is 0 Å². The molecule has 0 aliphatic carbocycles. The van der Waals surface area contributed by atoms with Gasteiger partial charge in [0.25, 0.3) is 0 Å². The summed E-state index contributed by atoms with van der Waals surface area (Å²) in [6.45, 7) is 0. The number of fused-ring (bicyclic) bond motifs is 8. The number of hydrogen-bond donors (Lipinski definition) is 0. The van der Waals surface area contributed by atoms with Crippen molar-refractivity contribution >= 4 is 100 Å². The molecular weight excluding hydrogens is 773 g/mol. The number of rotatable bonds is 8. The molecule has 10 aromatic carbocycles. The number of benzene rings is 10. The molecule has 12 rings (SSSR count). The molecule has 0 aliphatic rings. The van der Waals surface area contributed by atoms with Gasteiger partial charge in [-0.05, 0) is 86.1 Å². The summed E-state index contributed by atoms with van der Waals surface area (Å²) in [4.78, 5) is 7.37. The van der Waals surface area contributed by atoms with Crippen LogP contribution in [0.5, 0.6) is 0 Å². The number of para-hydroxylation sites is 1. The van der Waals surface area contributed by atoms with Gasteiger partial charge in [0.2, 0.25) is 5.89 Å². The Morgan fingerprint density at radius 2 is 0.952 bits per heavy atom. The van der Waals surface area contributed by atoms with Gasteiger partial charge in [0.05, 0.1) is 5.69 Å². The highest BCUT2D eigenvalue weighted by atomic mass is 28.3. The molecule has 0 amide bonds. The average Bonchev–Trinajstić information content (AvgIpc) is 3.95. The molecule has 2 aromatic heterocycles. The lowest BCUT2D eigenvalue weighted by Crippen LogP contribution is -2.74. The molecule has 12 aromatic rings. The van der Waals surface area contributed by atoms with E-state index in [1.54, 1.807) is 0 Å². The summed E-state index contributed by atoms with van der Waals surface area (Å²) in [5, 5.41) is 11.8. The molecule has 0 bridgehead atoms. The van der Waals surface area contributed by atoms with Gasteiger partial charge in [-0.2, -0.15) is 0 Å². The summed E-state index contributed by atoms with van der Waals surface area (Å²) >= 11 is 0. The average molecular weight is 811 g/mol. The van der Waals surface area contributed by atoms with Gasteiger partial charge in [0.1, 0.15) is 16.7 Å². The summed E-state index contributed by atoms with van der Waals surface area (Å²) in [6.07, 6.45) is 0. The smallest absolute Gasteiger partial charge is 0.227 e. The Morgan fingerprint density at radius 3 is 1.68 bits per heavy atom. The molecule has 2 heterocycles. The molecule has 5 heteroatoms. The van der Waals surface area contributed by atoms with Crippen LogP contribution in [-0.4, -0.2) is 13.1 Å². The van der Waals surface area contributed by atoms with Crippen LogP contribution in [-0.2, 0) is 0 Å². The Morgan fingerprint density at radius 1 is 0.387 bits per heavy atom. The topological polar surface area (TPSA) is 42.4 Å². The minimum Gasteiger partial charge on any atom is -0.456 e. The molecule has 0 saturated carbocycles. The van der Waals surface area contributed by atoms with Crippen molar-refractivity contribution in [1.82, 2.24) is 4.98 Å². The first-order chi connectivity index (χ1) is 30.7. The number of furan rings is 1. The number of oxazole rings is 1. The molecule has 292 valence electrons. The van der Waals surface area contributed by atoms with Gasteiger partial charge in [-0.1, -0.05) is 170 Å². The van der Waals surface area contributed by atoms with E-state index in [0.29, 0.717) is 5.89 Å². The van der Waals surface area contributed by atoms with Crippen LogP contribution >= 0.6 is 0 Å². The Hall–Kier alpha value is -7.99. The molecule has 0 unspecified atom stereocenters. The van der Waals surface area contributed by atoms with Crippen molar-refractivity contribution in [3.05, 3.63) is 231 Å². The van der Waals surface area contributed by atoms with Crippen LogP contribution in [0.1, 0.15) is 0 Å². The maximum absolute atomic E-state index is 6.67. The van der Waals surface area contributed by atoms with Crippen LogP contribution in [0, 0.1) is 0 Å². The van der Waals surface area contributed by atoms with E-state index in [1.165, 1.54) is 20.7 Å². The fourth-order valence-electron chi connectivity index (χ4n) is 9.67. The first kappa shape index (κ1) is 35.9. The lowest BCUT2D eigenvalue weighted by Gasteiger charge is -2.35. The van der Waals surface area contributed by atoms with Crippen LogP contribution in [0.15, 0.2) is 239 Å². The molecule has 0 aliphatic heterocycles. The Bertz CT molecular complexity index is 3490. The van der Waals surface area contributed by atoms with Crippen molar-refractivity contribution in [2.45, 2.75) is 0 Å². The lowest BCUT2D eigenvalue weighted by molar-refractivity contribution is 0.623. The molecule has 0 radical (unpaired) electrons. The van der Waals surface area contributed by atoms with Gasteiger partial charge in [0, 0.05) is 44.5 Å². The van der Waals surface area contributed by atoms with Crippen LogP contribution in [0.3, 0.4) is 0 Å². The summed E-state index contributed by atoms with van der Waals surface area (Å²) < 4.78 is 13.2. The first-order valence-corrected chi connectivity index (χ1v) is 23.0. The third-order valence-corrected chi connectivity index (χ3v) is 17.2. The van der Waals surface area contributed by atoms with Gasteiger partial charge in [-0.25, -0.2) is 4.98 Å². The Kier molecular flexibility index (Phi) is 8.47. The molecule has 0 spiro atoms. The summed E-state index contributed by atoms with van der Waals surface area (Å²) in [5.74, 6) is 0.613. The van der Waals surface area contributed by atoms with E-state index in [9.17, 15) is 0 Å². The van der Waals surface area contributed by atoms with E-state index in [4.69, 9.17) is 13.8 Å². The zero-order valence-electron chi connectivity index (χ0n) is 33.7. The minimum absolute atomic E-state index is 0.613. The zero-order valence-corrected chi connectivity index (χ0v) is 34.7. The highest BCUT2D eigenvalue weighted by Crippen LogP contribution is 2.44. The zero-order chi connectivity index (χ0) is 41.0. The summed E-state index contributed by atoms with van der Waals surface area (Å²) in [7, 11) is -2.86. The fourth-order valence-corrected chi connectivity index (χ4v) is 14.5. The van der Waals surface area contributed by atoms with Gasteiger partial charge in [-0.15, -0.1) is 0 Å². The third kappa shape index (κ3) is 5.70. The predicted octanol–water partition coefficient (Wildman–Crippen LogP) is 12.5. The summed E-state index contributed by atoms with van der Waals surface area (Å²) in [5.41, 5.74) is 7.37. The van der Waals surface area contributed by atoms with E-state index in [-0.39, 0.29) is 0 Å². The molecule has 0 saturated heterocycles. The second-order valence-electron chi connectivity index (χ2n) is 15.8. The molecule has 4 nitrogen and oxygen atoms in total. The van der Waals surface area contributed by atoms with Gasteiger partial charge >= 0.3 is 0 Å². The third-order valence-electron chi connectivity index (χ3n) is 12.4. The molecule has 62 heavy (non-hydrogen) atoms. The van der Waals surface area contributed by atoms with Crippen molar-refractivity contribution in [1.29, 1.82) is 0 Å². The van der Waals surface area contributed by atoms with Gasteiger partial charge in [0.15, 0.2) is 13.7 Å². The number of hydrogen-bond acceptors (Lipinski definition) is 4. The second kappa shape index (κ2) is 14.6. The Labute approximate surface area is 359 Å². The van der Waals surface area contributed by atoms with Crippen molar-refractivity contribution in [2.24, 2.45) is 0 Å². The molecule has 0 N–H and O–H groups in total. The van der Waals surface area contributed by atoms with E-state index in [0.717, 1.165) is 77.2 Å². The fraction of sp³-hybridized carbons (Fsp3) is 0. The lowest BCUT2D eigenvalue weighted by atomic mass is 9.99. The van der Waals surface area contributed by atoms with E-state index < -0.39 is 8.07 Å². The SMILES string of the molecule is c1ccc(-c2nc3ccc4ccc5c(N(c6cccc([Si](c7ccccc7)(c7ccccc7)c7ccccc7)c6)c6ccc7c(c6)oc6ccccc67)cccc5c4c3o2)cc1. The van der Waals surface area contributed by atoms with Crippen molar-refractivity contribution in [3.8, 4) is 11.5 Å². The van der Waals surface area contributed by atoms with Gasteiger partial charge < -0.3 is 13.7 Å². The maximum atomic E-state index is 6.67. The van der Waals surface area contributed by atoms with Crippen molar-refractivity contribution in [2.75, 3.05) is 4.90 Å². The molecule has 0 fully saturated rings. The van der Waals surface area contributed by atoms with Crippen LogP contribution < -0.4 is 25.6 Å². The van der Waals surface area contributed by atoms with Crippen molar-refractivity contribution < 1.29 is 8.83 Å². The van der Waals surface area contributed by atoms with Crippen LogP contribution in [0.4, 0.5) is 17.1 Å². The Balaban J connectivity index is 1.13. The quantitative estimate of drug-likeness (QED) is 0.0871. The van der Waals surface area contributed by atoms with Crippen LogP contribution in [0.25, 0.3) is 66.0 Å². The van der Waals surface area contributed by atoms with Gasteiger partial charge in [-0.3, -0.25) is 0 Å². The maximum Gasteiger partial charge on any atom is 0.227 e. The number of anilines is 3. The van der Waals surface area contributed by atoms with E-state index in [2.05, 4.69) is 193 Å². The molecular formula is C57H38N2O2Si. The summed E-state index contributed by atoms with van der Waals surface area (Å²) in [6, 6.07) is 82.8. The van der Waals surface area contributed by atoms with E-state index in [1.807, 2.05) is 42.5 Å². The second-order valence-corrected chi connectivity index (χ2v) is 19.7. The normalized spacial score (nSPS) is 11.9. The standard InChI is InChI=1S/C57H38N2O2Si/c1-5-17-40(18-6-1)57-58-51-36-32-39-31-34-47-50(55(39)56(51)61-57)28-16-29-52(47)59(42-33-35-49-48-27-13-14-30-53(48)60-54(49)38-42)41-19-15-26-46(37-41)62(43-20-7-2-8-21-43,44-22-9-3-10-23-44)45-24-11-4-12-25-45/h1-38H. The highest BCUT2D eigenvalue weighted by molar-refractivity contribution is 7.19. The number of nitrogens with zero attached hydrogens (tertiary/aromatic N) is 2. The molecule has 0 atom stereocenters. The predicted molar refractivity (Wildman–Crippen MR) is 260 cm³/mol. The largest absolute Gasteiger partial charge is 0.456 e. The highest BCUT2D eigenvalue weighted by Gasteiger charge is 2.41. The van der Waals surface area contributed by atoms with Crippen molar-refractivity contribution in [3.63, 3.8) is 0 Å². The monoisotopic (exact) mass is 810 g/mol.